The van der Waals surface area contributed by atoms with Crippen molar-refractivity contribution in [1.82, 2.24) is 15.4 Å². The normalized spacial score (nSPS) is 12.1. The largest absolute Gasteiger partial charge is 0.370 e. The molecule has 0 bridgehead atoms. The lowest BCUT2D eigenvalue weighted by Crippen LogP contribution is -2.51. The summed E-state index contributed by atoms with van der Waals surface area (Å²) in [6, 6.07) is 5.66. The third-order valence-corrected chi connectivity index (χ3v) is 3.68. The monoisotopic (exact) mass is 418 g/mol. The van der Waals surface area contributed by atoms with Gasteiger partial charge in [0.15, 0.2) is 0 Å². The number of rotatable bonds is 8. The maximum atomic E-state index is 12.5. The second kappa shape index (κ2) is 14.5. The van der Waals surface area contributed by atoms with Gasteiger partial charge >= 0.3 is 0 Å². The SMILES string of the molecule is CN.CN.CNC(=O)[C@H](CC(N)=O)NC(=O)[C@@H](NS(C)(=O)=O)c1ccccc1. The summed E-state index contributed by atoms with van der Waals surface area (Å²) in [6.07, 6.45) is 0.502. The number of nitrogens with one attached hydrogen (secondary N) is 3. The molecule has 0 saturated heterocycles. The standard InChI is InChI=1S/C14H20N4O5S.2CH5N/c1-16-13(20)10(8-11(15)19)17-14(21)12(18-24(2,22)23)9-6-4-3-5-7-9;2*1-2/h3-7,10,12,18H,8H2,1-2H3,(H2,15,19)(H,16,20)(H,17,21);2*2H2,1H3/t10-,12-;;/m0../s1. The highest BCUT2D eigenvalue weighted by atomic mass is 32.2. The van der Waals surface area contributed by atoms with Crippen LogP contribution in [0.1, 0.15) is 18.0 Å². The van der Waals surface area contributed by atoms with Crippen molar-refractivity contribution >= 4 is 27.7 Å². The fraction of sp³-hybridized carbons (Fsp3) is 0.438. The minimum atomic E-state index is -3.70. The minimum absolute atomic E-state index is 0.384. The number of likely N-dealkylation sites (N-methyl/N-ethyl adjacent to an activating group) is 1. The maximum Gasteiger partial charge on any atom is 0.243 e. The molecule has 0 aliphatic carbocycles. The molecule has 1 aromatic rings. The fourth-order valence-corrected chi connectivity index (χ4v) is 2.64. The van der Waals surface area contributed by atoms with Crippen LogP contribution in [0.3, 0.4) is 0 Å². The van der Waals surface area contributed by atoms with E-state index in [2.05, 4.69) is 26.8 Å². The van der Waals surface area contributed by atoms with Gasteiger partial charge in [-0.3, -0.25) is 14.4 Å². The molecule has 0 aliphatic rings. The lowest BCUT2D eigenvalue weighted by Gasteiger charge is -2.21. The zero-order valence-electron chi connectivity index (χ0n) is 16.4. The van der Waals surface area contributed by atoms with Gasteiger partial charge in [-0.2, -0.15) is 4.72 Å². The van der Waals surface area contributed by atoms with Crippen molar-refractivity contribution in [2.24, 2.45) is 17.2 Å². The van der Waals surface area contributed by atoms with Crippen LogP contribution in [0.2, 0.25) is 0 Å². The Balaban J connectivity index is 0. The Bertz CT molecular complexity index is 711. The first kappa shape index (κ1) is 27.7. The van der Waals surface area contributed by atoms with Crippen molar-refractivity contribution in [3.8, 4) is 0 Å². The summed E-state index contributed by atoms with van der Waals surface area (Å²) in [6.45, 7) is 0. The van der Waals surface area contributed by atoms with E-state index in [1.807, 2.05) is 0 Å². The second-order valence-electron chi connectivity index (χ2n) is 5.08. The summed E-state index contributed by atoms with van der Waals surface area (Å²) in [5.41, 5.74) is 14.5. The molecule has 1 aromatic carbocycles. The number of primary amides is 1. The molecule has 28 heavy (non-hydrogen) atoms. The summed E-state index contributed by atoms with van der Waals surface area (Å²) >= 11 is 0. The number of carbonyl (C=O) groups is 3. The highest BCUT2D eigenvalue weighted by molar-refractivity contribution is 7.88. The van der Waals surface area contributed by atoms with Crippen LogP contribution in [-0.2, 0) is 24.4 Å². The Morgan fingerprint density at radius 3 is 1.89 bits per heavy atom. The van der Waals surface area contributed by atoms with E-state index < -0.39 is 46.2 Å². The zero-order chi connectivity index (χ0) is 22.3. The predicted molar refractivity (Wildman–Crippen MR) is 107 cm³/mol. The van der Waals surface area contributed by atoms with Crippen LogP contribution in [0.15, 0.2) is 30.3 Å². The molecule has 0 aromatic heterocycles. The Kier molecular flexibility index (Phi) is 14.3. The molecule has 3 amide bonds. The first-order valence-electron chi connectivity index (χ1n) is 8.12. The molecule has 12 heteroatoms. The van der Waals surface area contributed by atoms with Crippen LogP contribution in [0.25, 0.3) is 0 Å². The molecule has 0 heterocycles. The Morgan fingerprint density at radius 2 is 1.50 bits per heavy atom. The number of hydrogen-bond acceptors (Lipinski definition) is 7. The fourth-order valence-electron chi connectivity index (χ4n) is 1.97. The van der Waals surface area contributed by atoms with Gasteiger partial charge < -0.3 is 27.8 Å². The van der Waals surface area contributed by atoms with Crippen LogP contribution in [-0.4, -0.2) is 59.6 Å². The molecule has 1 rings (SSSR count). The number of hydrogen-bond donors (Lipinski definition) is 6. The average molecular weight is 419 g/mol. The average Bonchev–Trinajstić information content (AvgIpc) is 2.67. The summed E-state index contributed by atoms with van der Waals surface area (Å²) in [4.78, 5) is 35.3. The van der Waals surface area contributed by atoms with Crippen molar-refractivity contribution in [1.29, 1.82) is 0 Å². The van der Waals surface area contributed by atoms with Crippen molar-refractivity contribution < 1.29 is 22.8 Å². The van der Waals surface area contributed by atoms with Crippen LogP contribution < -0.4 is 32.6 Å². The van der Waals surface area contributed by atoms with E-state index in [0.29, 0.717) is 5.56 Å². The smallest absolute Gasteiger partial charge is 0.243 e. The van der Waals surface area contributed by atoms with Gasteiger partial charge in [0.1, 0.15) is 12.1 Å². The quantitative estimate of drug-likeness (QED) is 0.268. The first-order valence-corrected chi connectivity index (χ1v) is 10.0. The number of amides is 3. The van der Waals surface area contributed by atoms with Gasteiger partial charge in [0.05, 0.1) is 12.7 Å². The number of carbonyl (C=O) groups excluding carboxylic acids is 3. The van der Waals surface area contributed by atoms with Crippen LogP contribution in [0, 0.1) is 0 Å². The van der Waals surface area contributed by atoms with E-state index in [9.17, 15) is 22.8 Å². The molecule has 11 nitrogen and oxygen atoms in total. The molecule has 0 aliphatic heterocycles. The molecule has 0 fully saturated rings. The summed E-state index contributed by atoms with van der Waals surface area (Å²) in [7, 11) is 0.635. The zero-order valence-corrected chi connectivity index (χ0v) is 17.2. The van der Waals surface area contributed by atoms with E-state index in [-0.39, 0.29) is 0 Å². The Labute approximate surface area is 165 Å². The van der Waals surface area contributed by atoms with E-state index >= 15 is 0 Å². The van der Waals surface area contributed by atoms with Gasteiger partial charge in [0.2, 0.25) is 27.7 Å². The lowest BCUT2D eigenvalue weighted by atomic mass is 10.1. The molecular weight excluding hydrogens is 388 g/mol. The lowest BCUT2D eigenvalue weighted by molar-refractivity contribution is -0.131. The number of nitrogens with two attached hydrogens (primary N) is 3. The topological polar surface area (TPSA) is 199 Å². The van der Waals surface area contributed by atoms with Crippen molar-refractivity contribution in [3.05, 3.63) is 35.9 Å². The van der Waals surface area contributed by atoms with Gasteiger partial charge in [0, 0.05) is 7.05 Å². The van der Waals surface area contributed by atoms with Crippen molar-refractivity contribution in [2.45, 2.75) is 18.5 Å². The van der Waals surface area contributed by atoms with Crippen LogP contribution >= 0.6 is 0 Å². The maximum absolute atomic E-state index is 12.5. The summed E-state index contributed by atoms with van der Waals surface area (Å²) < 4.78 is 25.3. The van der Waals surface area contributed by atoms with Gasteiger partial charge in [-0.15, -0.1) is 0 Å². The minimum Gasteiger partial charge on any atom is -0.370 e. The van der Waals surface area contributed by atoms with Crippen LogP contribution in [0.4, 0.5) is 0 Å². The van der Waals surface area contributed by atoms with Gasteiger partial charge in [-0.1, -0.05) is 30.3 Å². The Hall–Kier alpha value is -2.54. The molecular formula is C16H30N6O5S. The molecule has 2 atom stereocenters. The Morgan fingerprint density at radius 1 is 1.00 bits per heavy atom. The molecule has 0 saturated carbocycles. The predicted octanol–water partition coefficient (Wildman–Crippen LogP) is -2.47. The number of sulfonamides is 1. The van der Waals surface area contributed by atoms with Crippen LogP contribution in [0.5, 0.6) is 0 Å². The third kappa shape index (κ3) is 11.2. The van der Waals surface area contributed by atoms with E-state index in [0.717, 1.165) is 6.26 Å². The van der Waals surface area contributed by atoms with Gasteiger partial charge in [0.25, 0.3) is 0 Å². The molecule has 160 valence electrons. The number of benzene rings is 1. The third-order valence-electron chi connectivity index (χ3n) is 3.01. The van der Waals surface area contributed by atoms with E-state index in [1.165, 1.54) is 21.1 Å². The van der Waals surface area contributed by atoms with E-state index in [4.69, 9.17) is 5.73 Å². The van der Waals surface area contributed by atoms with E-state index in [1.54, 1.807) is 30.3 Å². The molecule has 9 N–H and O–H groups in total. The second-order valence-corrected chi connectivity index (χ2v) is 6.86. The van der Waals surface area contributed by atoms with Gasteiger partial charge in [-0.05, 0) is 19.7 Å². The van der Waals surface area contributed by atoms with Gasteiger partial charge in [-0.25, -0.2) is 8.42 Å². The molecule has 0 unspecified atom stereocenters. The highest BCUT2D eigenvalue weighted by Crippen LogP contribution is 2.14. The summed E-state index contributed by atoms with van der Waals surface area (Å²) in [5, 5.41) is 4.64. The first-order chi connectivity index (χ1) is 13.1. The molecule has 0 spiro atoms. The van der Waals surface area contributed by atoms with Crippen molar-refractivity contribution in [3.63, 3.8) is 0 Å². The van der Waals surface area contributed by atoms with Crippen molar-refractivity contribution in [2.75, 3.05) is 27.4 Å². The highest BCUT2D eigenvalue weighted by Gasteiger charge is 2.29. The summed E-state index contributed by atoms with van der Waals surface area (Å²) in [5.74, 6) is -2.17. The molecule has 0 radical (unpaired) electrons.